The molecule has 0 radical (unpaired) electrons. The molecule has 0 aliphatic heterocycles. The normalized spacial score (nSPS) is 22.6. The second-order valence-corrected chi connectivity index (χ2v) is 17.7. The number of thiophene rings is 2. The molecular weight excluding hydrogens is 729 g/mol. The lowest BCUT2D eigenvalue weighted by Crippen LogP contribution is -2.28. The highest BCUT2D eigenvalue weighted by atomic mass is 32.1. The number of Topliss-reactive ketones (excluding diaryl/α,β-unsaturated/α-hetero) is 2. The van der Waals surface area contributed by atoms with Crippen LogP contribution in [0.3, 0.4) is 0 Å². The predicted molar refractivity (Wildman–Crippen MR) is 221 cm³/mol. The second kappa shape index (κ2) is 12.7. The quantitative estimate of drug-likeness (QED) is 0.116. The number of benzene rings is 2. The first-order valence-electron chi connectivity index (χ1n) is 19.2. The van der Waals surface area contributed by atoms with Crippen molar-refractivity contribution in [3.8, 4) is 12.1 Å². The molecule has 268 valence electrons. The molecule has 6 nitrogen and oxygen atoms in total. The van der Waals surface area contributed by atoms with Gasteiger partial charge in [-0.2, -0.15) is 0 Å². The Morgan fingerprint density at radius 1 is 0.607 bits per heavy atom. The van der Waals surface area contributed by atoms with Crippen LogP contribution in [0.15, 0.2) is 83.2 Å². The fourth-order valence-corrected chi connectivity index (χ4v) is 13.5. The molecule has 2 aromatic heterocycles. The van der Waals surface area contributed by atoms with E-state index in [0.717, 1.165) is 61.1 Å². The molecule has 0 bridgehead atoms. The van der Waals surface area contributed by atoms with Crippen LogP contribution in [0.1, 0.15) is 127 Å². The van der Waals surface area contributed by atoms with E-state index in [4.69, 9.17) is 13.1 Å². The number of hydrogen-bond donors (Lipinski definition) is 0. The SMILES string of the molecule is [C-]#[N+]C(C#N)=C1/C(=C/c2cc3c(s2)C2=C(c4sc(/C=C5\C(=O)c6ccccc6\C5=C(\C#N)[N+]#[C-])cc4C24CCCCC4)C32CCCCC2)C(=O)c2ccccc21. The van der Waals surface area contributed by atoms with Gasteiger partial charge < -0.3 is 0 Å². The summed E-state index contributed by atoms with van der Waals surface area (Å²) in [5.41, 5.74) is 9.18. The third-order valence-corrected chi connectivity index (χ3v) is 15.2. The summed E-state index contributed by atoms with van der Waals surface area (Å²) in [6.45, 7) is 15.5. The van der Waals surface area contributed by atoms with Crippen LogP contribution in [0.2, 0.25) is 0 Å². The molecule has 56 heavy (non-hydrogen) atoms. The minimum Gasteiger partial charge on any atom is -0.289 e. The topological polar surface area (TPSA) is 90.4 Å². The van der Waals surface area contributed by atoms with Crippen molar-refractivity contribution in [3.63, 3.8) is 0 Å². The summed E-state index contributed by atoms with van der Waals surface area (Å²) < 4.78 is 0. The van der Waals surface area contributed by atoms with Gasteiger partial charge in [-0.1, -0.05) is 87.1 Å². The van der Waals surface area contributed by atoms with Gasteiger partial charge in [0.1, 0.15) is 0 Å². The molecule has 0 unspecified atom stereocenters. The van der Waals surface area contributed by atoms with Gasteiger partial charge in [-0.05, 0) is 83.4 Å². The van der Waals surface area contributed by atoms with Crippen molar-refractivity contribution >= 4 is 68.7 Å². The lowest BCUT2D eigenvalue weighted by atomic mass is 9.67. The first-order chi connectivity index (χ1) is 27.4. The molecule has 2 aromatic carbocycles. The number of carbonyl (C=O) groups excluding carboxylic acids is 2. The highest BCUT2D eigenvalue weighted by Gasteiger charge is 2.58. The molecule has 6 aliphatic carbocycles. The van der Waals surface area contributed by atoms with Crippen LogP contribution in [-0.2, 0) is 10.8 Å². The highest BCUT2D eigenvalue weighted by molar-refractivity contribution is 7.16. The van der Waals surface area contributed by atoms with Crippen LogP contribution in [-0.4, -0.2) is 11.6 Å². The van der Waals surface area contributed by atoms with Gasteiger partial charge >= 0.3 is 0 Å². The van der Waals surface area contributed by atoms with Gasteiger partial charge in [0.2, 0.25) is 0 Å². The average molecular weight is 761 g/mol. The first-order valence-corrected chi connectivity index (χ1v) is 20.8. The minimum absolute atomic E-state index is 0.0664. The third kappa shape index (κ3) is 4.55. The van der Waals surface area contributed by atoms with Crippen molar-refractivity contribution in [1.82, 2.24) is 0 Å². The number of nitriles is 2. The van der Waals surface area contributed by atoms with Crippen molar-refractivity contribution in [1.29, 1.82) is 10.5 Å². The summed E-state index contributed by atoms with van der Waals surface area (Å²) in [6, 6.07) is 23.3. The monoisotopic (exact) mass is 760 g/mol. The summed E-state index contributed by atoms with van der Waals surface area (Å²) >= 11 is 3.50. The average Bonchev–Trinajstić information content (AvgIpc) is 4.05. The van der Waals surface area contributed by atoms with Crippen LogP contribution in [0.4, 0.5) is 0 Å². The summed E-state index contributed by atoms with van der Waals surface area (Å²) in [6.07, 6.45) is 14.9. The molecule has 6 aliphatic rings. The Bertz CT molecular complexity index is 2620. The van der Waals surface area contributed by atoms with Crippen molar-refractivity contribution in [2.24, 2.45) is 0 Å². The van der Waals surface area contributed by atoms with E-state index in [9.17, 15) is 20.1 Å². The van der Waals surface area contributed by atoms with Crippen molar-refractivity contribution in [3.05, 3.63) is 159 Å². The fraction of sp³-hybridized carbons (Fsp3) is 0.250. The van der Waals surface area contributed by atoms with E-state index in [2.05, 4.69) is 34.0 Å². The maximum atomic E-state index is 13.9. The largest absolute Gasteiger partial charge is 0.289 e. The molecule has 0 atom stereocenters. The maximum absolute atomic E-state index is 13.9. The van der Waals surface area contributed by atoms with E-state index in [1.165, 1.54) is 44.9 Å². The van der Waals surface area contributed by atoms with Crippen molar-refractivity contribution in [2.45, 2.75) is 75.0 Å². The van der Waals surface area contributed by atoms with Gasteiger partial charge in [-0.25, -0.2) is 20.2 Å². The Labute approximate surface area is 333 Å². The van der Waals surface area contributed by atoms with Gasteiger partial charge in [-0.3, -0.25) is 9.59 Å². The predicted octanol–water partition coefficient (Wildman–Crippen LogP) is 12.0. The molecule has 0 saturated heterocycles. The van der Waals surface area contributed by atoms with Gasteiger partial charge in [0.05, 0.1) is 25.3 Å². The highest BCUT2D eigenvalue weighted by Crippen LogP contribution is 2.71. The molecule has 2 fully saturated rings. The van der Waals surface area contributed by atoms with Crippen LogP contribution in [0.25, 0.3) is 44.1 Å². The number of rotatable bonds is 2. The first kappa shape index (κ1) is 34.3. The van der Waals surface area contributed by atoms with E-state index >= 15 is 0 Å². The van der Waals surface area contributed by atoms with E-state index in [-0.39, 0.29) is 33.8 Å². The number of fused-ring (bicyclic) bond motifs is 10. The molecular formula is C48H32N4O2S2. The number of hydrogen-bond acceptors (Lipinski definition) is 6. The molecule has 10 rings (SSSR count). The van der Waals surface area contributed by atoms with E-state index < -0.39 is 0 Å². The minimum atomic E-state index is -0.167. The molecule has 2 heterocycles. The molecule has 8 heteroatoms. The summed E-state index contributed by atoms with van der Waals surface area (Å²) in [5, 5.41) is 19.9. The standard InChI is InChI=1S/C48H32N4O2S2/c1-51-37(25-49)39-29-13-5-7-15-31(29)43(53)33(39)21-27-23-35-45(55-27)41-42(47(35)17-9-3-10-18-47)46-36(48(41)19-11-4-12-20-48)24-28(56-46)22-34-40(38(26-50)52-2)30-14-6-8-16-32(30)44(34)54/h5-8,13-16,21-24H,3-4,9-12,17-20H2/b33-21-,34-22-,39-37+,40-38?. The van der Waals surface area contributed by atoms with E-state index in [0.29, 0.717) is 44.5 Å². The van der Waals surface area contributed by atoms with E-state index in [1.54, 1.807) is 34.8 Å². The number of carbonyl (C=O) groups is 2. The Morgan fingerprint density at radius 2 is 0.982 bits per heavy atom. The molecule has 4 aromatic rings. The lowest BCUT2D eigenvalue weighted by molar-refractivity contribution is 0.103. The van der Waals surface area contributed by atoms with Gasteiger partial charge in [0.15, 0.2) is 11.6 Å². The smallest absolute Gasteiger partial charge is 0.270 e. The van der Waals surface area contributed by atoms with Crippen molar-refractivity contribution in [2.75, 3.05) is 0 Å². The third-order valence-electron chi connectivity index (χ3n) is 13.0. The van der Waals surface area contributed by atoms with Crippen molar-refractivity contribution < 1.29 is 9.59 Å². The van der Waals surface area contributed by atoms with Gasteiger partial charge in [0, 0.05) is 63.8 Å². The summed E-state index contributed by atoms with van der Waals surface area (Å²) in [5.74, 6) is -0.303. The summed E-state index contributed by atoms with van der Waals surface area (Å²) in [4.78, 5) is 39.5. The zero-order chi connectivity index (χ0) is 38.3. The zero-order valence-electron chi connectivity index (χ0n) is 30.4. The zero-order valence-corrected chi connectivity index (χ0v) is 32.1. The Balaban J connectivity index is 1.16. The molecule has 0 N–H and O–H groups in total. The molecule has 0 amide bonds. The Morgan fingerprint density at radius 3 is 1.34 bits per heavy atom. The Hall–Kier alpha value is -6.16. The number of nitrogens with zero attached hydrogens (tertiary/aromatic N) is 4. The fourth-order valence-electron chi connectivity index (χ4n) is 10.8. The number of allylic oxidation sites excluding steroid dienone is 8. The second-order valence-electron chi connectivity index (χ2n) is 15.6. The van der Waals surface area contributed by atoms with Crippen LogP contribution < -0.4 is 0 Å². The number of ketones is 2. The van der Waals surface area contributed by atoms with Gasteiger partial charge in [-0.15, -0.1) is 22.7 Å². The van der Waals surface area contributed by atoms with Crippen LogP contribution in [0.5, 0.6) is 0 Å². The Kier molecular flexibility index (Phi) is 7.78. The molecule has 2 saturated carbocycles. The van der Waals surface area contributed by atoms with Gasteiger partial charge in [0.25, 0.3) is 11.4 Å². The lowest BCUT2D eigenvalue weighted by Gasteiger charge is -2.37. The molecule has 2 spiro atoms. The van der Waals surface area contributed by atoms with Crippen LogP contribution >= 0.6 is 22.7 Å². The van der Waals surface area contributed by atoms with Crippen LogP contribution in [0, 0.1) is 35.8 Å². The van der Waals surface area contributed by atoms with E-state index in [1.807, 2.05) is 48.6 Å². The maximum Gasteiger partial charge on any atom is 0.270 e. The summed E-state index contributed by atoms with van der Waals surface area (Å²) in [7, 11) is 0.